The molecule has 1 aromatic carbocycles. The molecule has 1 aromatic rings. The summed E-state index contributed by atoms with van der Waals surface area (Å²) in [6.45, 7) is 1.62. The highest BCUT2D eigenvalue weighted by Gasteiger charge is 2.23. The summed E-state index contributed by atoms with van der Waals surface area (Å²) in [5.74, 6) is 1.95. The predicted octanol–water partition coefficient (Wildman–Crippen LogP) is 2.13. The second-order valence-electron chi connectivity index (χ2n) is 4.59. The third kappa shape index (κ3) is 2.76. The van der Waals surface area contributed by atoms with Crippen LogP contribution in [0.25, 0.3) is 0 Å². The quantitative estimate of drug-likeness (QED) is 0.890. The van der Waals surface area contributed by atoms with Crippen LogP contribution in [0.3, 0.4) is 0 Å². The first-order valence-corrected chi connectivity index (χ1v) is 6.31. The Morgan fingerprint density at radius 3 is 2.44 bits per heavy atom. The zero-order chi connectivity index (χ0) is 13.0. The number of hydrogen-bond acceptors (Lipinski definition) is 4. The van der Waals surface area contributed by atoms with Crippen molar-refractivity contribution in [3.8, 4) is 11.5 Å². The molecular formula is C14H21NO3. The van der Waals surface area contributed by atoms with Gasteiger partial charge in [0.05, 0.1) is 14.2 Å². The molecule has 0 aliphatic carbocycles. The van der Waals surface area contributed by atoms with Crippen molar-refractivity contribution >= 4 is 0 Å². The van der Waals surface area contributed by atoms with E-state index in [2.05, 4.69) is 0 Å². The lowest BCUT2D eigenvalue weighted by Gasteiger charge is -2.28. The van der Waals surface area contributed by atoms with E-state index >= 15 is 0 Å². The highest BCUT2D eigenvalue weighted by atomic mass is 16.5. The lowest BCUT2D eigenvalue weighted by molar-refractivity contribution is 0.0583. The molecule has 4 heteroatoms. The summed E-state index contributed by atoms with van der Waals surface area (Å²) in [6.07, 6.45) is 2.05. The first kappa shape index (κ1) is 13.2. The fourth-order valence-corrected chi connectivity index (χ4v) is 2.41. The predicted molar refractivity (Wildman–Crippen MR) is 70.0 cm³/mol. The molecule has 1 aliphatic rings. The van der Waals surface area contributed by atoms with Crippen LogP contribution in [-0.4, -0.2) is 27.4 Å². The maximum atomic E-state index is 6.33. The third-order valence-electron chi connectivity index (χ3n) is 3.57. The minimum Gasteiger partial charge on any atom is -0.493 e. The van der Waals surface area contributed by atoms with Gasteiger partial charge in [0.15, 0.2) is 11.5 Å². The summed E-state index contributed by atoms with van der Waals surface area (Å²) >= 11 is 0. The van der Waals surface area contributed by atoms with Crippen LogP contribution >= 0.6 is 0 Å². The first-order chi connectivity index (χ1) is 8.76. The van der Waals surface area contributed by atoms with Crippen LogP contribution in [0.2, 0.25) is 0 Å². The summed E-state index contributed by atoms with van der Waals surface area (Å²) in [4.78, 5) is 0. The van der Waals surface area contributed by atoms with Crippen molar-refractivity contribution in [2.45, 2.75) is 18.9 Å². The van der Waals surface area contributed by atoms with E-state index in [0.29, 0.717) is 5.92 Å². The Morgan fingerprint density at radius 1 is 1.17 bits per heavy atom. The molecule has 0 unspecified atom stereocenters. The average molecular weight is 251 g/mol. The molecule has 1 saturated heterocycles. The van der Waals surface area contributed by atoms with E-state index in [-0.39, 0.29) is 6.04 Å². The fraction of sp³-hybridized carbons (Fsp3) is 0.571. The molecule has 0 spiro atoms. The van der Waals surface area contributed by atoms with Gasteiger partial charge in [-0.1, -0.05) is 6.07 Å². The van der Waals surface area contributed by atoms with Crippen LogP contribution in [0.4, 0.5) is 0 Å². The number of hydrogen-bond donors (Lipinski definition) is 1. The lowest BCUT2D eigenvalue weighted by Crippen LogP contribution is -2.27. The molecular weight excluding hydrogens is 230 g/mol. The van der Waals surface area contributed by atoms with Gasteiger partial charge in [-0.25, -0.2) is 0 Å². The van der Waals surface area contributed by atoms with Crippen molar-refractivity contribution in [2.75, 3.05) is 27.4 Å². The molecule has 0 amide bonds. The Bertz CT molecular complexity index is 389. The monoisotopic (exact) mass is 251 g/mol. The van der Waals surface area contributed by atoms with Crippen molar-refractivity contribution in [3.05, 3.63) is 23.8 Å². The Morgan fingerprint density at radius 2 is 1.83 bits per heavy atom. The van der Waals surface area contributed by atoms with E-state index in [1.165, 1.54) is 0 Å². The molecule has 4 nitrogen and oxygen atoms in total. The van der Waals surface area contributed by atoms with Crippen molar-refractivity contribution in [2.24, 2.45) is 11.7 Å². The Kier molecular flexibility index (Phi) is 4.44. The van der Waals surface area contributed by atoms with Crippen molar-refractivity contribution < 1.29 is 14.2 Å². The lowest BCUT2D eigenvalue weighted by atomic mass is 9.88. The minimum atomic E-state index is 0.0358. The van der Waals surface area contributed by atoms with E-state index in [4.69, 9.17) is 19.9 Å². The zero-order valence-electron chi connectivity index (χ0n) is 11.0. The molecule has 1 aliphatic heterocycles. The molecule has 2 rings (SSSR count). The van der Waals surface area contributed by atoms with Crippen molar-refractivity contribution in [1.29, 1.82) is 0 Å². The largest absolute Gasteiger partial charge is 0.493 e. The van der Waals surface area contributed by atoms with Gasteiger partial charge in [0, 0.05) is 19.3 Å². The van der Waals surface area contributed by atoms with Gasteiger partial charge >= 0.3 is 0 Å². The van der Waals surface area contributed by atoms with Crippen LogP contribution in [-0.2, 0) is 4.74 Å². The summed E-state index contributed by atoms with van der Waals surface area (Å²) in [5, 5.41) is 0. The van der Waals surface area contributed by atoms with Crippen LogP contribution in [0.1, 0.15) is 24.4 Å². The first-order valence-electron chi connectivity index (χ1n) is 6.31. The number of benzene rings is 1. The summed E-state index contributed by atoms with van der Waals surface area (Å²) < 4.78 is 15.9. The SMILES string of the molecule is COc1ccc([C@@H](N)C2CCOCC2)cc1OC. The molecule has 0 saturated carbocycles. The normalized spacial score (nSPS) is 18.4. The van der Waals surface area contributed by atoms with E-state index in [0.717, 1.165) is 43.1 Å². The molecule has 1 fully saturated rings. The molecule has 100 valence electrons. The van der Waals surface area contributed by atoms with Crippen molar-refractivity contribution in [3.63, 3.8) is 0 Å². The standard InChI is InChI=1S/C14H21NO3/c1-16-12-4-3-11(9-13(12)17-2)14(15)10-5-7-18-8-6-10/h3-4,9-10,14H,5-8,15H2,1-2H3/t14-/m0/s1. The smallest absolute Gasteiger partial charge is 0.161 e. The molecule has 0 bridgehead atoms. The minimum absolute atomic E-state index is 0.0358. The van der Waals surface area contributed by atoms with Gasteiger partial charge < -0.3 is 19.9 Å². The van der Waals surface area contributed by atoms with Gasteiger partial charge in [0.25, 0.3) is 0 Å². The number of rotatable bonds is 4. The van der Waals surface area contributed by atoms with Crippen LogP contribution in [0.5, 0.6) is 11.5 Å². The van der Waals surface area contributed by atoms with Crippen LogP contribution in [0.15, 0.2) is 18.2 Å². The topological polar surface area (TPSA) is 53.7 Å². The Hall–Kier alpha value is -1.26. The zero-order valence-corrected chi connectivity index (χ0v) is 11.0. The number of nitrogens with two attached hydrogens (primary N) is 1. The molecule has 18 heavy (non-hydrogen) atoms. The van der Waals surface area contributed by atoms with Gasteiger partial charge in [0.1, 0.15) is 0 Å². The second kappa shape index (κ2) is 6.07. The Labute approximate surface area is 108 Å². The summed E-state index contributed by atoms with van der Waals surface area (Å²) in [6, 6.07) is 5.93. The maximum absolute atomic E-state index is 6.33. The van der Waals surface area contributed by atoms with Gasteiger partial charge in [-0.05, 0) is 36.5 Å². The van der Waals surface area contributed by atoms with Gasteiger partial charge in [-0.15, -0.1) is 0 Å². The van der Waals surface area contributed by atoms with E-state index < -0.39 is 0 Å². The molecule has 0 aromatic heterocycles. The number of ether oxygens (including phenoxy) is 3. The highest BCUT2D eigenvalue weighted by molar-refractivity contribution is 5.43. The van der Waals surface area contributed by atoms with E-state index in [1.807, 2.05) is 18.2 Å². The second-order valence-corrected chi connectivity index (χ2v) is 4.59. The average Bonchev–Trinajstić information content (AvgIpc) is 2.46. The van der Waals surface area contributed by atoms with Crippen LogP contribution < -0.4 is 15.2 Å². The summed E-state index contributed by atoms with van der Waals surface area (Å²) in [7, 11) is 3.28. The Balaban J connectivity index is 2.16. The highest BCUT2D eigenvalue weighted by Crippen LogP contribution is 2.33. The van der Waals surface area contributed by atoms with Crippen molar-refractivity contribution in [1.82, 2.24) is 0 Å². The number of methoxy groups -OCH3 is 2. The fourth-order valence-electron chi connectivity index (χ4n) is 2.41. The van der Waals surface area contributed by atoms with E-state index in [1.54, 1.807) is 14.2 Å². The molecule has 2 N–H and O–H groups in total. The maximum Gasteiger partial charge on any atom is 0.161 e. The molecule has 1 atom stereocenters. The third-order valence-corrected chi connectivity index (χ3v) is 3.57. The summed E-state index contributed by atoms with van der Waals surface area (Å²) in [5.41, 5.74) is 7.43. The van der Waals surface area contributed by atoms with E-state index in [9.17, 15) is 0 Å². The van der Waals surface area contributed by atoms with Gasteiger partial charge in [-0.3, -0.25) is 0 Å². The van der Waals surface area contributed by atoms with Gasteiger partial charge in [-0.2, -0.15) is 0 Å². The molecule has 0 radical (unpaired) electrons. The molecule has 1 heterocycles. The van der Waals surface area contributed by atoms with Gasteiger partial charge in [0.2, 0.25) is 0 Å². The van der Waals surface area contributed by atoms with Crippen LogP contribution in [0, 0.1) is 5.92 Å².